The summed E-state index contributed by atoms with van der Waals surface area (Å²) < 4.78 is 50.3. The van der Waals surface area contributed by atoms with Crippen LogP contribution in [-0.2, 0) is 4.79 Å². The molecule has 20 heavy (non-hydrogen) atoms. The highest BCUT2D eigenvalue weighted by atomic mass is 19.3. The number of carbonyl (C=O) groups excluding carboxylic acids is 1. The fraction of sp³-hybridized carbons (Fsp3) is 0.500. The van der Waals surface area contributed by atoms with E-state index in [9.17, 15) is 22.4 Å². The molecule has 0 aromatic heterocycles. The molecule has 1 rings (SSSR count). The van der Waals surface area contributed by atoms with Crippen molar-refractivity contribution in [3.63, 3.8) is 0 Å². The zero-order valence-electron chi connectivity index (χ0n) is 11.2. The molecule has 0 aliphatic carbocycles. The summed E-state index contributed by atoms with van der Waals surface area (Å²) in [5.74, 6) is -6.51. The summed E-state index contributed by atoms with van der Waals surface area (Å²) in [7, 11) is 0. The summed E-state index contributed by atoms with van der Waals surface area (Å²) in [4.78, 5) is 11.3. The van der Waals surface area contributed by atoms with Gasteiger partial charge < -0.3 is 5.32 Å². The zero-order valence-corrected chi connectivity index (χ0v) is 11.2. The molecule has 6 heteroatoms. The predicted octanol–water partition coefficient (Wildman–Crippen LogP) is 3.79. The van der Waals surface area contributed by atoms with E-state index >= 15 is 0 Å². The monoisotopic (exact) mass is 291 g/mol. The third-order valence-corrected chi connectivity index (χ3v) is 2.79. The van der Waals surface area contributed by atoms with Gasteiger partial charge in [-0.25, -0.2) is 8.78 Å². The van der Waals surface area contributed by atoms with Crippen molar-refractivity contribution >= 4 is 5.91 Å². The van der Waals surface area contributed by atoms with Crippen molar-refractivity contribution in [2.45, 2.75) is 38.7 Å². The van der Waals surface area contributed by atoms with Gasteiger partial charge in [0.1, 0.15) is 0 Å². The van der Waals surface area contributed by atoms with E-state index in [1.54, 1.807) is 30.3 Å². The first-order valence-electron chi connectivity index (χ1n) is 6.27. The van der Waals surface area contributed by atoms with Crippen molar-refractivity contribution in [1.29, 1.82) is 0 Å². The number of carbonyl (C=O) groups is 1. The lowest BCUT2D eigenvalue weighted by atomic mass is 9.97. The number of benzene rings is 1. The summed E-state index contributed by atoms with van der Waals surface area (Å²) in [6.45, 7) is 3.71. The second-order valence-corrected chi connectivity index (χ2v) is 4.99. The first-order chi connectivity index (χ1) is 9.25. The van der Waals surface area contributed by atoms with E-state index in [0.29, 0.717) is 12.0 Å². The van der Waals surface area contributed by atoms with Crippen molar-refractivity contribution < 1.29 is 22.4 Å². The van der Waals surface area contributed by atoms with Crippen LogP contribution in [0.2, 0.25) is 0 Å². The first-order valence-corrected chi connectivity index (χ1v) is 6.27. The quantitative estimate of drug-likeness (QED) is 0.794. The Morgan fingerprint density at radius 1 is 1.20 bits per heavy atom. The van der Waals surface area contributed by atoms with Crippen molar-refractivity contribution in [1.82, 2.24) is 5.32 Å². The smallest absolute Gasteiger partial charge is 0.344 e. The predicted molar refractivity (Wildman–Crippen MR) is 67.7 cm³/mol. The fourth-order valence-electron chi connectivity index (χ4n) is 1.79. The van der Waals surface area contributed by atoms with Gasteiger partial charge in [0.15, 0.2) is 0 Å². The first kappa shape index (κ1) is 16.5. The highest BCUT2D eigenvalue weighted by Crippen LogP contribution is 2.26. The van der Waals surface area contributed by atoms with E-state index in [1.165, 1.54) is 0 Å². The number of alkyl halides is 4. The van der Waals surface area contributed by atoms with Gasteiger partial charge in [-0.05, 0) is 17.9 Å². The molecule has 0 saturated carbocycles. The third kappa shape index (κ3) is 4.21. The van der Waals surface area contributed by atoms with Gasteiger partial charge in [-0.15, -0.1) is 0 Å². The summed E-state index contributed by atoms with van der Waals surface area (Å²) in [5.41, 5.74) is 0.611. The highest BCUT2D eigenvalue weighted by Gasteiger charge is 2.49. The maximum atomic E-state index is 13.0. The third-order valence-electron chi connectivity index (χ3n) is 2.79. The van der Waals surface area contributed by atoms with Crippen molar-refractivity contribution in [2.75, 3.05) is 0 Å². The average Bonchev–Trinajstić information content (AvgIpc) is 2.38. The van der Waals surface area contributed by atoms with Gasteiger partial charge in [0.2, 0.25) is 0 Å². The van der Waals surface area contributed by atoms with Gasteiger partial charge in [0.25, 0.3) is 5.91 Å². The van der Waals surface area contributed by atoms with Crippen LogP contribution in [-0.4, -0.2) is 18.3 Å². The number of hydrogen-bond acceptors (Lipinski definition) is 1. The molecule has 1 aromatic carbocycles. The van der Waals surface area contributed by atoms with Crippen LogP contribution in [0.4, 0.5) is 17.6 Å². The Labute approximate surface area is 115 Å². The van der Waals surface area contributed by atoms with Crippen LogP contribution in [0.1, 0.15) is 31.9 Å². The molecule has 112 valence electrons. The maximum Gasteiger partial charge on any atom is 0.383 e. The maximum absolute atomic E-state index is 13.0. The number of rotatable bonds is 6. The summed E-state index contributed by atoms with van der Waals surface area (Å²) in [5, 5.41) is 2.02. The Morgan fingerprint density at radius 3 is 2.20 bits per heavy atom. The van der Waals surface area contributed by atoms with E-state index in [1.807, 2.05) is 19.2 Å². The molecule has 0 bridgehead atoms. The number of amides is 1. The fourth-order valence-corrected chi connectivity index (χ4v) is 1.79. The molecule has 1 aromatic rings. The number of hydrogen-bond donors (Lipinski definition) is 1. The van der Waals surface area contributed by atoms with Crippen LogP contribution in [0.3, 0.4) is 0 Å². The number of nitrogens with one attached hydrogen (secondary N) is 1. The van der Waals surface area contributed by atoms with E-state index in [2.05, 4.69) is 0 Å². The Hall–Kier alpha value is -1.59. The number of halogens is 4. The lowest BCUT2D eigenvalue weighted by Gasteiger charge is -2.24. The molecule has 1 amide bonds. The lowest BCUT2D eigenvalue weighted by Crippen LogP contribution is -2.46. The molecule has 0 spiro atoms. The molecule has 1 unspecified atom stereocenters. The van der Waals surface area contributed by atoms with Gasteiger partial charge in [0.05, 0.1) is 6.04 Å². The van der Waals surface area contributed by atoms with Crippen molar-refractivity contribution in [3.8, 4) is 0 Å². The lowest BCUT2D eigenvalue weighted by molar-refractivity contribution is -0.170. The minimum absolute atomic E-state index is 0.112. The second-order valence-electron chi connectivity index (χ2n) is 4.99. The van der Waals surface area contributed by atoms with Crippen LogP contribution >= 0.6 is 0 Å². The van der Waals surface area contributed by atoms with E-state index < -0.39 is 24.3 Å². The average molecular weight is 291 g/mol. The van der Waals surface area contributed by atoms with Crippen LogP contribution in [0.25, 0.3) is 0 Å². The van der Waals surface area contributed by atoms with Gasteiger partial charge >= 0.3 is 12.3 Å². The molecule has 0 fully saturated rings. The normalized spacial score (nSPS) is 13.6. The largest absolute Gasteiger partial charge is 0.383 e. The van der Waals surface area contributed by atoms with Crippen LogP contribution in [0, 0.1) is 5.92 Å². The second kappa shape index (κ2) is 6.72. The minimum atomic E-state index is -4.68. The standard InChI is InChI=1S/C14H17F4NO/c1-9(2)8-11(10-6-4-3-5-7-10)19-13(20)14(17,18)12(15)16/h3-7,9,11-12H,8H2,1-2H3,(H,19,20). The highest BCUT2D eigenvalue weighted by molar-refractivity contribution is 5.84. The summed E-state index contributed by atoms with van der Waals surface area (Å²) in [6, 6.07) is 7.74. The Morgan fingerprint density at radius 2 is 1.75 bits per heavy atom. The van der Waals surface area contributed by atoms with Gasteiger partial charge in [-0.2, -0.15) is 8.78 Å². The molecular formula is C14H17F4NO. The Kier molecular flexibility index (Phi) is 5.53. The molecule has 0 aliphatic rings. The Balaban J connectivity index is 2.89. The van der Waals surface area contributed by atoms with Crippen LogP contribution < -0.4 is 5.32 Å². The molecular weight excluding hydrogens is 274 g/mol. The van der Waals surface area contributed by atoms with Crippen molar-refractivity contribution in [2.24, 2.45) is 5.92 Å². The van der Waals surface area contributed by atoms with Crippen LogP contribution in [0.5, 0.6) is 0 Å². The van der Waals surface area contributed by atoms with E-state index in [0.717, 1.165) is 0 Å². The molecule has 0 radical (unpaired) electrons. The van der Waals surface area contributed by atoms with Crippen LogP contribution in [0.15, 0.2) is 30.3 Å². The van der Waals surface area contributed by atoms with Gasteiger partial charge in [0, 0.05) is 0 Å². The van der Waals surface area contributed by atoms with E-state index in [-0.39, 0.29) is 5.92 Å². The molecule has 1 N–H and O–H groups in total. The molecule has 0 heterocycles. The minimum Gasteiger partial charge on any atom is -0.344 e. The molecule has 0 saturated heterocycles. The molecule has 1 atom stereocenters. The zero-order chi connectivity index (χ0) is 15.3. The van der Waals surface area contributed by atoms with Gasteiger partial charge in [-0.3, -0.25) is 4.79 Å². The van der Waals surface area contributed by atoms with Crippen molar-refractivity contribution in [3.05, 3.63) is 35.9 Å². The molecule has 0 aliphatic heterocycles. The van der Waals surface area contributed by atoms with Gasteiger partial charge in [-0.1, -0.05) is 44.2 Å². The summed E-state index contributed by atoms with van der Waals surface area (Å²) in [6.07, 6.45) is -3.63. The Bertz CT molecular complexity index is 434. The van der Waals surface area contributed by atoms with E-state index in [4.69, 9.17) is 0 Å². The SMILES string of the molecule is CC(C)CC(NC(=O)C(F)(F)C(F)F)c1ccccc1. The summed E-state index contributed by atoms with van der Waals surface area (Å²) >= 11 is 0. The topological polar surface area (TPSA) is 29.1 Å². The molecule has 2 nitrogen and oxygen atoms in total.